The minimum Gasteiger partial charge on any atom is -0.481 e. The molecule has 0 aliphatic heterocycles. The lowest BCUT2D eigenvalue weighted by Gasteiger charge is -2.15. The fourth-order valence-corrected chi connectivity index (χ4v) is 1.45. The van der Waals surface area contributed by atoms with E-state index < -0.39 is 29.5 Å². The molecule has 1 amide bonds. The molecule has 0 saturated heterocycles. The van der Waals surface area contributed by atoms with E-state index in [2.05, 4.69) is 5.32 Å². The second-order valence-corrected chi connectivity index (χ2v) is 4.44. The summed E-state index contributed by atoms with van der Waals surface area (Å²) in [4.78, 5) is 22.5. The maximum absolute atomic E-state index is 12.9. The van der Waals surface area contributed by atoms with Crippen LogP contribution >= 0.6 is 11.6 Å². The highest BCUT2D eigenvalue weighted by molar-refractivity contribution is 6.31. The minimum absolute atomic E-state index is 0.105. The van der Waals surface area contributed by atoms with Crippen molar-refractivity contribution in [2.24, 2.45) is 11.8 Å². The van der Waals surface area contributed by atoms with E-state index in [1.54, 1.807) is 0 Å². The lowest BCUT2D eigenvalue weighted by atomic mass is 9.95. The van der Waals surface area contributed by atoms with Gasteiger partial charge in [0.2, 0.25) is 5.91 Å². The number of hydrogen-bond donors (Lipinski definition) is 2. The molecule has 6 heteroatoms. The number of carboxylic acids is 1. The van der Waals surface area contributed by atoms with Crippen LogP contribution in [0.4, 0.5) is 10.1 Å². The van der Waals surface area contributed by atoms with Gasteiger partial charge in [-0.2, -0.15) is 0 Å². The van der Waals surface area contributed by atoms with E-state index in [4.69, 9.17) is 16.7 Å². The Morgan fingerprint density at radius 1 is 1.33 bits per heavy atom. The molecule has 0 aromatic heterocycles. The second-order valence-electron chi connectivity index (χ2n) is 4.03. The molecule has 0 bridgehead atoms. The number of aliphatic carboxylic acids is 1. The first kappa shape index (κ1) is 14.4. The van der Waals surface area contributed by atoms with Crippen LogP contribution in [0, 0.1) is 17.7 Å². The summed E-state index contributed by atoms with van der Waals surface area (Å²) in [5.74, 6) is -3.59. The summed E-state index contributed by atoms with van der Waals surface area (Å²) in [7, 11) is 0. The predicted molar refractivity (Wildman–Crippen MR) is 66.0 cm³/mol. The Morgan fingerprint density at radius 2 is 1.94 bits per heavy atom. The summed E-state index contributed by atoms with van der Waals surface area (Å²) in [6.07, 6.45) is 0. The molecule has 1 rings (SSSR count). The largest absolute Gasteiger partial charge is 0.481 e. The predicted octanol–water partition coefficient (Wildman–Crippen LogP) is 2.77. The number of amides is 1. The van der Waals surface area contributed by atoms with Gasteiger partial charge in [-0.05, 0) is 18.2 Å². The van der Waals surface area contributed by atoms with Crippen LogP contribution in [0.5, 0.6) is 0 Å². The van der Waals surface area contributed by atoms with Crippen molar-refractivity contribution in [3.8, 4) is 0 Å². The minimum atomic E-state index is -1.05. The summed E-state index contributed by atoms with van der Waals surface area (Å²) in [5.41, 5.74) is 0.329. The number of benzene rings is 1. The Labute approximate surface area is 109 Å². The van der Waals surface area contributed by atoms with Crippen LogP contribution in [0.25, 0.3) is 0 Å². The van der Waals surface area contributed by atoms with Gasteiger partial charge in [0, 0.05) is 11.6 Å². The zero-order valence-corrected chi connectivity index (χ0v) is 10.7. The first-order valence-electron chi connectivity index (χ1n) is 5.31. The lowest BCUT2D eigenvalue weighted by molar-refractivity contribution is -0.145. The number of carboxylic acid groups (broad SMARTS) is 1. The number of halogens is 2. The maximum Gasteiger partial charge on any atom is 0.307 e. The van der Waals surface area contributed by atoms with Gasteiger partial charge >= 0.3 is 5.97 Å². The van der Waals surface area contributed by atoms with E-state index >= 15 is 0 Å². The molecule has 0 radical (unpaired) electrons. The third kappa shape index (κ3) is 3.43. The van der Waals surface area contributed by atoms with E-state index in [-0.39, 0.29) is 5.02 Å². The standard InChI is InChI=1S/C12H13ClFNO3/c1-6(7(2)12(17)18)11(16)15-8-3-4-10(14)9(13)5-8/h3-7H,1-2H3,(H,15,16)(H,17,18). The molecule has 0 saturated carbocycles. The van der Waals surface area contributed by atoms with Crippen LogP contribution in [0.2, 0.25) is 5.02 Å². The normalized spacial score (nSPS) is 13.8. The molecule has 98 valence electrons. The lowest BCUT2D eigenvalue weighted by Crippen LogP contribution is -2.29. The van der Waals surface area contributed by atoms with Gasteiger partial charge < -0.3 is 10.4 Å². The van der Waals surface area contributed by atoms with Gasteiger partial charge in [-0.1, -0.05) is 25.4 Å². The van der Waals surface area contributed by atoms with E-state index in [0.29, 0.717) is 5.69 Å². The summed E-state index contributed by atoms with van der Waals surface area (Å²) < 4.78 is 12.9. The van der Waals surface area contributed by atoms with Gasteiger partial charge in [0.05, 0.1) is 10.9 Å². The van der Waals surface area contributed by atoms with Crippen molar-refractivity contribution in [2.45, 2.75) is 13.8 Å². The number of hydrogen-bond acceptors (Lipinski definition) is 2. The van der Waals surface area contributed by atoms with Crippen molar-refractivity contribution in [3.63, 3.8) is 0 Å². The smallest absolute Gasteiger partial charge is 0.307 e. The van der Waals surface area contributed by atoms with Gasteiger partial charge in [-0.25, -0.2) is 4.39 Å². The van der Waals surface area contributed by atoms with Crippen LogP contribution in [-0.2, 0) is 9.59 Å². The van der Waals surface area contributed by atoms with Gasteiger partial charge in [0.1, 0.15) is 5.82 Å². The van der Waals surface area contributed by atoms with Crippen molar-refractivity contribution in [2.75, 3.05) is 5.32 Å². The summed E-state index contributed by atoms with van der Waals surface area (Å²) >= 11 is 5.57. The number of nitrogens with one attached hydrogen (secondary N) is 1. The van der Waals surface area contributed by atoms with Crippen LogP contribution in [0.15, 0.2) is 18.2 Å². The average Bonchev–Trinajstić information content (AvgIpc) is 2.31. The topological polar surface area (TPSA) is 66.4 Å². The maximum atomic E-state index is 12.9. The third-order valence-corrected chi connectivity index (χ3v) is 3.03. The number of carbonyl (C=O) groups is 2. The monoisotopic (exact) mass is 273 g/mol. The first-order chi connectivity index (χ1) is 8.32. The molecule has 0 heterocycles. The Kier molecular flexibility index (Phi) is 4.67. The zero-order chi connectivity index (χ0) is 13.9. The Balaban J connectivity index is 2.75. The highest BCUT2D eigenvalue weighted by atomic mass is 35.5. The summed E-state index contributed by atoms with van der Waals surface area (Å²) in [5, 5.41) is 11.2. The average molecular weight is 274 g/mol. The van der Waals surface area contributed by atoms with E-state index in [1.165, 1.54) is 26.0 Å². The van der Waals surface area contributed by atoms with Crippen molar-refractivity contribution < 1.29 is 19.1 Å². The SMILES string of the molecule is CC(C(=O)O)C(C)C(=O)Nc1ccc(F)c(Cl)c1. The van der Waals surface area contributed by atoms with Gasteiger partial charge in [0.25, 0.3) is 0 Å². The Morgan fingerprint density at radius 3 is 2.44 bits per heavy atom. The molecule has 0 spiro atoms. The van der Waals surface area contributed by atoms with E-state index in [0.717, 1.165) is 6.07 Å². The molecule has 1 aromatic rings. The summed E-state index contributed by atoms with van der Waals surface area (Å²) in [6.45, 7) is 2.96. The van der Waals surface area contributed by atoms with Crippen LogP contribution in [-0.4, -0.2) is 17.0 Å². The molecule has 1 aromatic carbocycles. The van der Waals surface area contributed by atoms with Crippen molar-refractivity contribution in [1.29, 1.82) is 0 Å². The quantitative estimate of drug-likeness (QED) is 0.886. The fourth-order valence-electron chi connectivity index (χ4n) is 1.27. The number of carbonyl (C=O) groups excluding carboxylic acids is 1. The van der Waals surface area contributed by atoms with Gasteiger partial charge in [-0.15, -0.1) is 0 Å². The zero-order valence-electron chi connectivity index (χ0n) is 9.91. The number of anilines is 1. The molecule has 18 heavy (non-hydrogen) atoms. The summed E-state index contributed by atoms with van der Waals surface area (Å²) in [6, 6.07) is 3.76. The molecule has 4 nitrogen and oxygen atoms in total. The van der Waals surface area contributed by atoms with E-state index in [1.807, 2.05) is 0 Å². The van der Waals surface area contributed by atoms with Crippen molar-refractivity contribution in [3.05, 3.63) is 29.0 Å². The van der Waals surface area contributed by atoms with E-state index in [9.17, 15) is 14.0 Å². The van der Waals surface area contributed by atoms with Crippen LogP contribution in [0.1, 0.15) is 13.8 Å². The van der Waals surface area contributed by atoms with Crippen molar-refractivity contribution in [1.82, 2.24) is 0 Å². The fraction of sp³-hybridized carbons (Fsp3) is 0.333. The Bertz CT molecular complexity index is 478. The molecular formula is C12H13ClFNO3. The first-order valence-corrected chi connectivity index (χ1v) is 5.69. The van der Waals surface area contributed by atoms with Crippen LogP contribution in [0.3, 0.4) is 0 Å². The highest BCUT2D eigenvalue weighted by Gasteiger charge is 2.25. The van der Waals surface area contributed by atoms with Gasteiger partial charge in [0.15, 0.2) is 0 Å². The highest BCUT2D eigenvalue weighted by Crippen LogP contribution is 2.21. The van der Waals surface area contributed by atoms with Crippen molar-refractivity contribution >= 4 is 29.2 Å². The molecule has 0 aliphatic rings. The molecule has 0 fully saturated rings. The Hall–Kier alpha value is -1.62. The molecular weight excluding hydrogens is 261 g/mol. The van der Waals surface area contributed by atoms with Gasteiger partial charge in [-0.3, -0.25) is 9.59 Å². The number of rotatable bonds is 4. The molecule has 2 atom stereocenters. The second kappa shape index (κ2) is 5.82. The molecule has 2 unspecified atom stereocenters. The molecule has 2 N–H and O–H groups in total. The van der Waals surface area contributed by atoms with Crippen LogP contribution < -0.4 is 5.32 Å². The third-order valence-electron chi connectivity index (χ3n) is 2.74. The molecule has 0 aliphatic carbocycles.